The van der Waals surface area contributed by atoms with E-state index in [-0.39, 0.29) is 5.82 Å². The van der Waals surface area contributed by atoms with E-state index in [0.717, 1.165) is 5.56 Å². The van der Waals surface area contributed by atoms with Gasteiger partial charge in [-0.15, -0.1) is 0 Å². The van der Waals surface area contributed by atoms with E-state index in [4.69, 9.17) is 5.26 Å². The third-order valence-electron chi connectivity index (χ3n) is 2.34. The van der Waals surface area contributed by atoms with Crippen molar-refractivity contribution in [2.45, 2.75) is 6.92 Å². The van der Waals surface area contributed by atoms with E-state index in [9.17, 15) is 4.39 Å². The fourth-order valence-corrected chi connectivity index (χ4v) is 1.48. The Kier molecular flexibility index (Phi) is 3.01. The Morgan fingerprint density at radius 3 is 2.71 bits per heavy atom. The quantitative estimate of drug-likeness (QED) is 0.857. The summed E-state index contributed by atoms with van der Waals surface area (Å²) in [5, 5.41) is 11.6. The van der Waals surface area contributed by atoms with E-state index in [1.165, 1.54) is 6.07 Å². The third kappa shape index (κ3) is 2.40. The maximum Gasteiger partial charge on any atom is 0.146 e. The molecule has 84 valence electrons. The van der Waals surface area contributed by atoms with Gasteiger partial charge in [0.15, 0.2) is 0 Å². The van der Waals surface area contributed by atoms with Crippen molar-refractivity contribution >= 4 is 11.5 Å². The predicted octanol–water partition coefficient (Wildman–Crippen LogP) is 3.14. The fourth-order valence-electron chi connectivity index (χ4n) is 1.48. The Balaban J connectivity index is 2.35. The smallest absolute Gasteiger partial charge is 0.146 e. The summed E-state index contributed by atoms with van der Waals surface area (Å²) < 4.78 is 13.6. The molecule has 17 heavy (non-hydrogen) atoms. The zero-order chi connectivity index (χ0) is 12.3. The molecule has 4 heteroatoms. The molecule has 1 aromatic heterocycles. The monoisotopic (exact) mass is 227 g/mol. The van der Waals surface area contributed by atoms with E-state index in [2.05, 4.69) is 10.3 Å². The number of aromatic nitrogens is 1. The number of nitrogens with one attached hydrogen (secondary N) is 1. The molecule has 0 unspecified atom stereocenters. The summed E-state index contributed by atoms with van der Waals surface area (Å²) in [5.74, 6) is 0.117. The standard InChI is InChI=1S/C13H10FN3/c1-9-4-2-6-11(14)13(9)17-12-7-3-5-10(8-15)16-12/h2-7H,1H3,(H,16,17). The van der Waals surface area contributed by atoms with Crippen molar-refractivity contribution in [3.8, 4) is 6.07 Å². The molecule has 1 aromatic carbocycles. The number of hydrogen-bond donors (Lipinski definition) is 1. The molecule has 0 saturated heterocycles. The summed E-state index contributed by atoms with van der Waals surface area (Å²) in [7, 11) is 0. The van der Waals surface area contributed by atoms with Crippen LogP contribution >= 0.6 is 0 Å². The molecule has 2 aromatic rings. The van der Waals surface area contributed by atoms with Crippen LogP contribution in [0.15, 0.2) is 36.4 Å². The number of nitriles is 1. The van der Waals surface area contributed by atoms with Crippen molar-refractivity contribution in [2.75, 3.05) is 5.32 Å². The summed E-state index contributed by atoms with van der Waals surface area (Å²) in [5.41, 5.74) is 1.47. The van der Waals surface area contributed by atoms with Crippen molar-refractivity contribution in [3.05, 3.63) is 53.5 Å². The number of aryl methyl sites for hydroxylation is 1. The molecule has 0 atom stereocenters. The Labute approximate surface area is 98.5 Å². The lowest BCUT2D eigenvalue weighted by molar-refractivity contribution is 0.631. The molecule has 1 heterocycles. The van der Waals surface area contributed by atoms with Gasteiger partial charge in [0, 0.05) is 0 Å². The summed E-state index contributed by atoms with van der Waals surface area (Å²) in [6.07, 6.45) is 0. The molecule has 0 aliphatic rings. The molecule has 0 fully saturated rings. The maximum atomic E-state index is 13.6. The van der Waals surface area contributed by atoms with Gasteiger partial charge < -0.3 is 5.32 Å². The second-order valence-electron chi connectivity index (χ2n) is 3.58. The van der Waals surface area contributed by atoms with Crippen LogP contribution < -0.4 is 5.32 Å². The van der Waals surface area contributed by atoms with Crippen LogP contribution in [-0.4, -0.2) is 4.98 Å². The van der Waals surface area contributed by atoms with Crippen molar-refractivity contribution in [1.82, 2.24) is 4.98 Å². The lowest BCUT2D eigenvalue weighted by Gasteiger charge is -2.09. The van der Waals surface area contributed by atoms with E-state index in [1.54, 1.807) is 37.3 Å². The van der Waals surface area contributed by atoms with Crippen LogP contribution in [0.25, 0.3) is 0 Å². The van der Waals surface area contributed by atoms with Gasteiger partial charge >= 0.3 is 0 Å². The van der Waals surface area contributed by atoms with E-state index < -0.39 is 0 Å². The average Bonchev–Trinajstić information content (AvgIpc) is 2.34. The minimum absolute atomic E-state index is 0.295. The number of hydrogen-bond acceptors (Lipinski definition) is 3. The number of rotatable bonds is 2. The van der Waals surface area contributed by atoms with Crippen molar-refractivity contribution in [2.24, 2.45) is 0 Å². The Morgan fingerprint density at radius 2 is 2.00 bits per heavy atom. The molecule has 0 amide bonds. The molecule has 0 bridgehead atoms. The molecule has 0 aliphatic carbocycles. The topological polar surface area (TPSA) is 48.7 Å². The first-order chi connectivity index (χ1) is 8.20. The van der Waals surface area contributed by atoms with Crippen LogP contribution in [0.4, 0.5) is 15.9 Å². The number of halogens is 1. The number of nitrogens with zero attached hydrogens (tertiary/aromatic N) is 2. The molecular weight excluding hydrogens is 217 g/mol. The second kappa shape index (κ2) is 4.62. The highest BCUT2D eigenvalue weighted by molar-refractivity contribution is 5.61. The van der Waals surface area contributed by atoms with Crippen molar-refractivity contribution in [1.29, 1.82) is 5.26 Å². The summed E-state index contributed by atoms with van der Waals surface area (Å²) in [6.45, 7) is 1.81. The lowest BCUT2D eigenvalue weighted by atomic mass is 10.2. The molecule has 0 spiro atoms. The lowest BCUT2D eigenvalue weighted by Crippen LogP contribution is -1.99. The molecule has 0 aliphatic heterocycles. The molecule has 2 rings (SSSR count). The van der Waals surface area contributed by atoms with Crippen LogP contribution in [0.1, 0.15) is 11.3 Å². The zero-order valence-electron chi connectivity index (χ0n) is 9.24. The van der Waals surface area contributed by atoms with E-state index in [1.807, 2.05) is 6.07 Å². The van der Waals surface area contributed by atoms with Gasteiger partial charge in [-0.2, -0.15) is 5.26 Å². The summed E-state index contributed by atoms with van der Waals surface area (Å²) in [4.78, 5) is 4.03. The van der Waals surface area contributed by atoms with Gasteiger partial charge in [-0.1, -0.05) is 18.2 Å². The number of para-hydroxylation sites is 1. The number of benzene rings is 1. The highest BCUT2D eigenvalue weighted by Crippen LogP contribution is 2.22. The van der Waals surface area contributed by atoms with Crippen LogP contribution in [0.5, 0.6) is 0 Å². The Bertz CT molecular complexity index is 567. The minimum atomic E-state index is -0.339. The Hall–Kier alpha value is -2.41. The number of pyridine rings is 1. The molecule has 0 radical (unpaired) electrons. The highest BCUT2D eigenvalue weighted by Gasteiger charge is 2.06. The van der Waals surface area contributed by atoms with Gasteiger partial charge in [-0.25, -0.2) is 9.37 Å². The first kappa shape index (κ1) is 11.1. The highest BCUT2D eigenvalue weighted by atomic mass is 19.1. The molecule has 0 saturated carbocycles. The van der Waals surface area contributed by atoms with Gasteiger partial charge in [0.25, 0.3) is 0 Å². The first-order valence-corrected chi connectivity index (χ1v) is 5.10. The third-order valence-corrected chi connectivity index (χ3v) is 2.34. The van der Waals surface area contributed by atoms with Gasteiger partial charge in [-0.05, 0) is 30.7 Å². The van der Waals surface area contributed by atoms with Gasteiger partial charge in [0.1, 0.15) is 23.4 Å². The number of anilines is 2. The van der Waals surface area contributed by atoms with Crippen LogP contribution in [0.2, 0.25) is 0 Å². The van der Waals surface area contributed by atoms with Gasteiger partial charge in [-0.3, -0.25) is 0 Å². The summed E-state index contributed by atoms with van der Waals surface area (Å²) in [6, 6.07) is 11.8. The second-order valence-corrected chi connectivity index (χ2v) is 3.58. The van der Waals surface area contributed by atoms with Gasteiger partial charge in [0.05, 0.1) is 5.69 Å². The molecule has 3 nitrogen and oxygen atoms in total. The van der Waals surface area contributed by atoms with Crippen molar-refractivity contribution < 1.29 is 4.39 Å². The van der Waals surface area contributed by atoms with Crippen LogP contribution in [-0.2, 0) is 0 Å². The van der Waals surface area contributed by atoms with E-state index in [0.29, 0.717) is 17.2 Å². The predicted molar refractivity (Wildman–Crippen MR) is 63.4 cm³/mol. The fraction of sp³-hybridized carbons (Fsp3) is 0.0769. The van der Waals surface area contributed by atoms with E-state index >= 15 is 0 Å². The van der Waals surface area contributed by atoms with Crippen LogP contribution in [0.3, 0.4) is 0 Å². The normalized spacial score (nSPS) is 9.71. The van der Waals surface area contributed by atoms with Crippen molar-refractivity contribution in [3.63, 3.8) is 0 Å². The largest absolute Gasteiger partial charge is 0.338 e. The Morgan fingerprint density at radius 1 is 1.24 bits per heavy atom. The average molecular weight is 227 g/mol. The van der Waals surface area contributed by atoms with Crippen LogP contribution in [0, 0.1) is 24.1 Å². The molecule has 1 N–H and O–H groups in total. The first-order valence-electron chi connectivity index (χ1n) is 5.10. The molecular formula is C13H10FN3. The summed E-state index contributed by atoms with van der Waals surface area (Å²) >= 11 is 0. The SMILES string of the molecule is Cc1cccc(F)c1Nc1cccc(C#N)n1. The minimum Gasteiger partial charge on any atom is -0.338 e. The zero-order valence-corrected chi connectivity index (χ0v) is 9.24. The van der Waals surface area contributed by atoms with Gasteiger partial charge in [0.2, 0.25) is 0 Å². The maximum absolute atomic E-state index is 13.6.